The lowest BCUT2D eigenvalue weighted by molar-refractivity contribution is 0.0692. The summed E-state index contributed by atoms with van der Waals surface area (Å²) in [7, 11) is 0. The molecule has 0 amide bonds. The van der Waals surface area contributed by atoms with Crippen molar-refractivity contribution in [2.75, 3.05) is 11.6 Å². The van der Waals surface area contributed by atoms with E-state index in [0.29, 0.717) is 5.00 Å². The van der Waals surface area contributed by atoms with Crippen molar-refractivity contribution in [1.82, 2.24) is 4.98 Å². The number of nitrogens with zero attached hydrogens (tertiary/aromatic N) is 1. The van der Waals surface area contributed by atoms with Crippen molar-refractivity contribution in [2.24, 2.45) is 0 Å². The molecule has 0 spiro atoms. The van der Waals surface area contributed by atoms with Crippen LogP contribution in [-0.2, 0) is 0 Å². The van der Waals surface area contributed by atoms with Gasteiger partial charge >= 0.3 is 5.97 Å². The highest BCUT2D eigenvalue weighted by Crippen LogP contribution is 2.26. The summed E-state index contributed by atoms with van der Waals surface area (Å²) in [6, 6.07) is 7.79. The molecule has 2 N–H and O–H groups in total. The number of thiazole rings is 1. The molecule has 0 bridgehead atoms. The van der Waals surface area contributed by atoms with Gasteiger partial charge in [0.1, 0.15) is 5.00 Å². The normalized spacial score (nSPS) is 10.2. The maximum atomic E-state index is 10.9. The molecule has 0 unspecified atom stereocenters. The maximum absolute atomic E-state index is 10.9. The number of rotatable bonds is 4. The minimum absolute atomic E-state index is 0.0592. The summed E-state index contributed by atoms with van der Waals surface area (Å²) in [6.07, 6.45) is 2.01. The molecule has 1 aromatic carbocycles. The van der Waals surface area contributed by atoms with Gasteiger partial charge in [-0.25, -0.2) is 9.78 Å². The van der Waals surface area contributed by atoms with Crippen molar-refractivity contribution < 1.29 is 9.90 Å². The zero-order chi connectivity index (χ0) is 12.3. The Labute approximate surface area is 107 Å². The van der Waals surface area contributed by atoms with Crippen molar-refractivity contribution in [3.63, 3.8) is 0 Å². The molecule has 0 atom stereocenters. The van der Waals surface area contributed by atoms with Crippen molar-refractivity contribution in [3.05, 3.63) is 35.5 Å². The highest BCUT2D eigenvalue weighted by molar-refractivity contribution is 7.98. The van der Waals surface area contributed by atoms with Gasteiger partial charge in [0, 0.05) is 10.6 Å². The van der Waals surface area contributed by atoms with Crippen molar-refractivity contribution in [1.29, 1.82) is 0 Å². The third-order valence-corrected chi connectivity index (χ3v) is 3.60. The van der Waals surface area contributed by atoms with E-state index in [2.05, 4.69) is 10.3 Å². The van der Waals surface area contributed by atoms with Crippen LogP contribution in [0, 0.1) is 0 Å². The van der Waals surface area contributed by atoms with Crippen molar-refractivity contribution >= 4 is 39.8 Å². The Morgan fingerprint density at radius 3 is 2.71 bits per heavy atom. The van der Waals surface area contributed by atoms with Crippen LogP contribution in [0.5, 0.6) is 0 Å². The molecule has 0 saturated carbocycles. The Kier molecular flexibility index (Phi) is 3.65. The summed E-state index contributed by atoms with van der Waals surface area (Å²) < 4.78 is 0. The Morgan fingerprint density at radius 1 is 1.41 bits per heavy atom. The average Bonchev–Trinajstić information content (AvgIpc) is 2.78. The summed E-state index contributed by atoms with van der Waals surface area (Å²) in [6.45, 7) is 0. The fourth-order valence-electron chi connectivity index (χ4n) is 1.29. The maximum Gasteiger partial charge on any atom is 0.357 e. The van der Waals surface area contributed by atoms with E-state index in [1.807, 2.05) is 30.5 Å². The van der Waals surface area contributed by atoms with Gasteiger partial charge in [0.25, 0.3) is 0 Å². The smallest absolute Gasteiger partial charge is 0.357 e. The molecule has 17 heavy (non-hydrogen) atoms. The molecule has 2 rings (SSSR count). The SMILES string of the molecule is CSc1ccc(Nc2scnc2C(=O)O)cc1. The summed E-state index contributed by atoms with van der Waals surface area (Å²) in [5, 5.41) is 12.5. The van der Waals surface area contributed by atoms with Gasteiger partial charge in [0.2, 0.25) is 0 Å². The molecule has 0 saturated heterocycles. The average molecular weight is 266 g/mol. The van der Waals surface area contributed by atoms with Gasteiger partial charge in [-0.3, -0.25) is 0 Å². The highest BCUT2D eigenvalue weighted by atomic mass is 32.2. The molecule has 0 aliphatic rings. The number of nitrogens with one attached hydrogen (secondary N) is 1. The molecule has 0 fully saturated rings. The fraction of sp³-hybridized carbons (Fsp3) is 0.0909. The fourth-order valence-corrected chi connectivity index (χ4v) is 2.39. The molecule has 2 aromatic rings. The number of thioether (sulfide) groups is 1. The van der Waals surface area contributed by atoms with E-state index in [-0.39, 0.29) is 5.69 Å². The summed E-state index contributed by atoms with van der Waals surface area (Å²) in [5.41, 5.74) is 2.43. The number of carbonyl (C=O) groups is 1. The molecule has 0 aliphatic heterocycles. The molecular weight excluding hydrogens is 256 g/mol. The third-order valence-electron chi connectivity index (χ3n) is 2.12. The lowest BCUT2D eigenvalue weighted by Gasteiger charge is -2.05. The topological polar surface area (TPSA) is 62.2 Å². The first-order valence-electron chi connectivity index (χ1n) is 4.78. The number of anilines is 2. The number of aromatic carboxylic acids is 1. The van der Waals surface area contributed by atoms with E-state index >= 15 is 0 Å². The minimum atomic E-state index is -1.02. The Morgan fingerprint density at radius 2 is 2.12 bits per heavy atom. The van der Waals surface area contributed by atoms with Gasteiger partial charge in [-0.05, 0) is 30.5 Å². The van der Waals surface area contributed by atoms with Crippen LogP contribution in [-0.4, -0.2) is 22.3 Å². The Hall–Kier alpha value is -1.53. The minimum Gasteiger partial charge on any atom is -0.476 e. The zero-order valence-corrected chi connectivity index (χ0v) is 10.6. The summed E-state index contributed by atoms with van der Waals surface area (Å²) >= 11 is 2.94. The standard InChI is InChI=1S/C11H10N2O2S2/c1-16-8-4-2-7(3-5-8)13-10-9(11(14)15)12-6-17-10/h2-6,13H,1H3,(H,14,15). The third kappa shape index (κ3) is 2.78. The molecule has 0 radical (unpaired) electrons. The number of hydrogen-bond donors (Lipinski definition) is 2. The number of hydrogen-bond acceptors (Lipinski definition) is 5. The number of carboxylic acid groups (broad SMARTS) is 1. The quantitative estimate of drug-likeness (QED) is 0.831. The molecular formula is C11H10N2O2S2. The van der Waals surface area contributed by atoms with Crippen LogP contribution in [0.15, 0.2) is 34.7 Å². The van der Waals surface area contributed by atoms with Crippen LogP contribution in [0.4, 0.5) is 10.7 Å². The second kappa shape index (κ2) is 5.20. The van der Waals surface area contributed by atoms with Gasteiger partial charge in [-0.15, -0.1) is 23.1 Å². The van der Waals surface area contributed by atoms with Gasteiger partial charge < -0.3 is 10.4 Å². The Bertz CT molecular complexity index is 523. The van der Waals surface area contributed by atoms with Crippen LogP contribution >= 0.6 is 23.1 Å². The van der Waals surface area contributed by atoms with Crippen LogP contribution < -0.4 is 5.32 Å². The van der Waals surface area contributed by atoms with E-state index in [1.165, 1.54) is 21.7 Å². The first kappa shape index (κ1) is 11.9. The zero-order valence-electron chi connectivity index (χ0n) is 9.01. The molecule has 6 heteroatoms. The predicted molar refractivity (Wildman–Crippen MR) is 70.6 cm³/mol. The van der Waals surface area contributed by atoms with E-state index in [1.54, 1.807) is 11.8 Å². The molecule has 88 valence electrons. The van der Waals surface area contributed by atoms with Crippen molar-refractivity contribution in [2.45, 2.75) is 4.90 Å². The van der Waals surface area contributed by atoms with Crippen LogP contribution in [0.3, 0.4) is 0 Å². The van der Waals surface area contributed by atoms with E-state index in [0.717, 1.165) is 5.69 Å². The summed E-state index contributed by atoms with van der Waals surface area (Å²) in [5.74, 6) is -1.02. The van der Waals surface area contributed by atoms with Crippen LogP contribution in [0.1, 0.15) is 10.5 Å². The largest absolute Gasteiger partial charge is 0.476 e. The monoisotopic (exact) mass is 266 g/mol. The van der Waals surface area contributed by atoms with E-state index in [9.17, 15) is 4.79 Å². The predicted octanol–water partition coefficient (Wildman–Crippen LogP) is 3.31. The molecule has 1 aromatic heterocycles. The van der Waals surface area contributed by atoms with E-state index < -0.39 is 5.97 Å². The molecule has 0 aliphatic carbocycles. The van der Waals surface area contributed by atoms with E-state index in [4.69, 9.17) is 5.11 Å². The summed E-state index contributed by atoms with van der Waals surface area (Å²) in [4.78, 5) is 15.8. The Balaban J connectivity index is 2.19. The van der Waals surface area contributed by atoms with Crippen molar-refractivity contribution in [3.8, 4) is 0 Å². The van der Waals surface area contributed by atoms with Gasteiger partial charge in [0.15, 0.2) is 5.69 Å². The highest BCUT2D eigenvalue weighted by Gasteiger charge is 2.13. The second-order valence-corrected chi connectivity index (χ2v) is 4.92. The molecule has 1 heterocycles. The number of carboxylic acids is 1. The first-order valence-corrected chi connectivity index (χ1v) is 6.89. The number of aromatic nitrogens is 1. The number of benzene rings is 1. The second-order valence-electron chi connectivity index (χ2n) is 3.19. The first-order chi connectivity index (χ1) is 8.20. The molecule has 4 nitrogen and oxygen atoms in total. The van der Waals surface area contributed by atoms with Gasteiger partial charge in [-0.1, -0.05) is 0 Å². The lowest BCUT2D eigenvalue weighted by atomic mass is 10.3. The van der Waals surface area contributed by atoms with Gasteiger partial charge in [-0.2, -0.15) is 0 Å². The van der Waals surface area contributed by atoms with Crippen LogP contribution in [0.25, 0.3) is 0 Å². The van der Waals surface area contributed by atoms with Gasteiger partial charge in [0.05, 0.1) is 5.51 Å². The lowest BCUT2D eigenvalue weighted by Crippen LogP contribution is -2.00. The van der Waals surface area contributed by atoms with Crippen LogP contribution in [0.2, 0.25) is 0 Å².